The summed E-state index contributed by atoms with van der Waals surface area (Å²) in [6.07, 6.45) is -0.175. The van der Waals surface area contributed by atoms with Crippen LogP contribution in [0.5, 0.6) is 11.5 Å². The van der Waals surface area contributed by atoms with Crippen LogP contribution in [0.1, 0.15) is 32.1 Å². The highest BCUT2D eigenvalue weighted by atomic mass is 16.6. The van der Waals surface area contributed by atoms with E-state index >= 15 is 0 Å². The number of hydrogen-bond donors (Lipinski definition) is 1. The number of ketones is 1. The molecule has 0 spiro atoms. The third kappa shape index (κ3) is 4.40. The SMILES string of the molecule is Cc1cc(C(=O)COC(=O)c2ccc(N)cc2)c(C)n1C[C@H]1COc2ccccc2O1. The molecule has 0 amide bonds. The number of carbonyl (C=O) groups excluding carboxylic acids is 2. The lowest BCUT2D eigenvalue weighted by Crippen LogP contribution is -2.33. The molecule has 0 aliphatic carbocycles. The van der Waals surface area contributed by atoms with E-state index in [-0.39, 0.29) is 18.5 Å². The van der Waals surface area contributed by atoms with E-state index < -0.39 is 5.97 Å². The van der Waals surface area contributed by atoms with E-state index in [9.17, 15) is 9.59 Å². The van der Waals surface area contributed by atoms with Crippen molar-refractivity contribution >= 4 is 17.4 Å². The molecular formula is C24H24N2O5. The summed E-state index contributed by atoms with van der Waals surface area (Å²) >= 11 is 0. The number of fused-ring (bicyclic) bond motifs is 1. The monoisotopic (exact) mass is 420 g/mol. The fourth-order valence-electron chi connectivity index (χ4n) is 3.63. The number of Topliss-reactive ketones (excluding diaryl/α,β-unsaturated/α-hetero) is 1. The van der Waals surface area contributed by atoms with Crippen LogP contribution in [-0.4, -0.2) is 35.6 Å². The Morgan fingerprint density at radius 1 is 1.10 bits per heavy atom. The zero-order valence-electron chi connectivity index (χ0n) is 17.5. The van der Waals surface area contributed by atoms with Crippen LogP contribution >= 0.6 is 0 Å². The van der Waals surface area contributed by atoms with Gasteiger partial charge < -0.3 is 24.5 Å². The first-order chi connectivity index (χ1) is 14.9. The molecule has 1 aromatic heterocycles. The maximum absolute atomic E-state index is 12.7. The first-order valence-electron chi connectivity index (χ1n) is 10.0. The number of rotatable bonds is 6. The molecule has 0 saturated heterocycles. The number of carbonyl (C=O) groups is 2. The Morgan fingerprint density at radius 2 is 1.81 bits per heavy atom. The molecule has 0 fully saturated rings. The first-order valence-corrected chi connectivity index (χ1v) is 10.0. The van der Waals surface area contributed by atoms with Crippen LogP contribution in [0.4, 0.5) is 5.69 Å². The van der Waals surface area contributed by atoms with Crippen LogP contribution in [0.25, 0.3) is 0 Å². The highest BCUT2D eigenvalue weighted by Gasteiger charge is 2.24. The zero-order valence-corrected chi connectivity index (χ0v) is 17.5. The molecule has 0 unspecified atom stereocenters. The number of nitrogen functional groups attached to an aromatic ring is 1. The Bertz CT molecular complexity index is 1120. The molecule has 7 nitrogen and oxygen atoms in total. The molecule has 3 aromatic rings. The molecule has 4 rings (SSSR count). The van der Waals surface area contributed by atoms with E-state index in [4.69, 9.17) is 19.9 Å². The molecule has 1 atom stereocenters. The molecule has 7 heteroatoms. The normalized spacial score (nSPS) is 14.8. The number of aromatic nitrogens is 1. The summed E-state index contributed by atoms with van der Waals surface area (Å²) in [7, 11) is 0. The van der Waals surface area contributed by atoms with Gasteiger partial charge in [0.05, 0.1) is 12.1 Å². The van der Waals surface area contributed by atoms with Crippen LogP contribution in [0.15, 0.2) is 54.6 Å². The highest BCUT2D eigenvalue weighted by Crippen LogP contribution is 2.31. The molecule has 0 saturated carbocycles. The molecule has 1 aliphatic heterocycles. The number of ether oxygens (including phenoxy) is 3. The number of esters is 1. The van der Waals surface area contributed by atoms with Crippen molar-refractivity contribution in [1.29, 1.82) is 0 Å². The van der Waals surface area contributed by atoms with Crippen molar-refractivity contribution in [1.82, 2.24) is 4.57 Å². The Morgan fingerprint density at radius 3 is 2.55 bits per heavy atom. The summed E-state index contributed by atoms with van der Waals surface area (Å²) in [5.41, 5.74) is 8.78. The Labute approximate surface area is 180 Å². The van der Waals surface area contributed by atoms with Crippen LogP contribution < -0.4 is 15.2 Å². The molecule has 2 N–H and O–H groups in total. The van der Waals surface area contributed by atoms with Crippen molar-refractivity contribution in [2.75, 3.05) is 18.9 Å². The van der Waals surface area contributed by atoms with Gasteiger partial charge in [-0.25, -0.2) is 4.79 Å². The summed E-state index contributed by atoms with van der Waals surface area (Å²) in [5, 5.41) is 0. The third-order valence-corrected chi connectivity index (χ3v) is 5.31. The predicted molar refractivity (Wildman–Crippen MR) is 116 cm³/mol. The van der Waals surface area contributed by atoms with E-state index in [1.807, 2.05) is 48.7 Å². The van der Waals surface area contributed by atoms with Crippen molar-refractivity contribution in [2.45, 2.75) is 26.5 Å². The number of para-hydroxylation sites is 2. The minimum atomic E-state index is -0.562. The maximum atomic E-state index is 12.7. The molecular weight excluding hydrogens is 396 g/mol. The Hall–Kier alpha value is -3.74. The van der Waals surface area contributed by atoms with Crippen molar-refractivity contribution in [3.05, 3.63) is 77.1 Å². The predicted octanol–water partition coefficient (Wildman–Crippen LogP) is 3.57. The van der Waals surface area contributed by atoms with E-state index in [1.54, 1.807) is 24.3 Å². The lowest BCUT2D eigenvalue weighted by atomic mass is 10.1. The van der Waals surface area contributed by atoms with Gasteiger partial charge in [-0.3, -0.25) is 4.79 Å². The Balaban J connectivity index is 1.41. The van der Waals surface area contributed by atoms with Crippen LogP contribution in [0.2, 0.25) is 0 Å². The van der Waals surface area contributed by atoms with Crippen molar-refractivity contribution in [2.24, 2.45) is 0 Å². The fourth-order valence-corrected chi connectivity index (χ4v) is 3.63. The molecule has 2 aromatic carbocycles. The summed E-state index contributed by atoms with van der Waals surface area (Å²) < 4.78 is 19.0. The number of aryl methyl sites for hydroxylation is 1. The van der Waals surface area contributed by atoms with Gasteiger partial charge in [-0.1, -0.05) is 12.1 Å². The average molecular weight is 420 g/mol. The molecule has 160 valence electrons. The van der Waals surface area contributed by atoms with Crippen molar-refractivity contribution in [3.63, 3.8) is 0 Å². The summed E-state index contributed by atoms with van der Waals surface area (Å²) in [6.45, 7) is 4.45. The van der Waals surface area contributed by atoms with Crippen LogP contribution in [0, 0.1) is 13.8 Å². The topological polar surface area (TPSA) is 92.8 Å². The number of hydrogen-bond acceptors (Lipinski definition) is 6. The van der Waals surface area contributed by atoms with E-state index in [2.05, 4.69) is 0 Å². The number of benzene rings is 2. The zero-order chi connectivity index (χ0) is 22.0. The number of nitrogens with zero attached hydrogens (tertiary/aromatic N) is 1. The minimum Gasteiger partial charge on any atom is -0.486 e. The summed E-state index contributed by atoms with van der Waals surface area (Å²) in [6, 6.07) is 15.7. The standard InChI is InChI=1S/C24H24N2O5/c1-15-11-20(21(27)14-30-24(28)17-7-9-18(25)10-8-17)16(2)26(15)12-19-13-29-22-5-3-4-6-23(22)31-19/h3-11,19H,12-14,25H2,1-2H3/t19-/m0/s1. The van der Waals surface area contributed by atoms with Gasteiger partial charge in [-0.2, -0.15) is 0 Å². The number of anilines is 1. The largest absolute Gasteiger partial charge is 0.486 e. The molecule has 2 heterocycles. The second-order valence-electron chi connectivity index (χ2n) is 7.51. The van der Waals surface area contributed by atoms with Crippen molar-refractivity contribution in [3.8, 4) is 11.5 Å². The van der Waals surface area contributed by atoms with E-state index in [0.29, 0.717) is 35.7 Å². The molecule has 31 heavy (non-hydrogen) atoms. The quantitative estimate of drug-likeness (QED) is 0.372. The minimum absolute atomic E-state index is 0.175. The molecule has 0 radical (unpaired) electrons. The molecule has 0 bridgehead atoms. The van der Waals surface area contributed by atoms with Crippen LogP contribution in [0.3, 0.4) is 0 Å². The second-order valence-corrected chi connectivity index (χ2v) is 7.51. The van der Waals surface area contributed by atoms with Crippen molar-refractivity contribution < 1.29 is 23.8 Å². The van der Waals surface area contributed by atoms with Gasteiger partial charge in [-0.05, 0) is 56.3 Å². The van der Waals surface area contributed by atoms with E-state index in [0.717, 1.165) is 17.1 Å². The first kappa shape index (κ1) is 20.5. The smallest absolute Gasteiger partial charge is 0.338 e. The fraction of sp³-hybridized carbons (Fsp3) is 0.250. The van der Waals surface area contributed by atoms with E-state index in [1.165, 1.54) is 0 Å². The Kier molecular flexibility index (Phi) is 5.66. The summed E-state index contributed by atoms with van der Waals surface area (Å²) in [4.78, 5) is 24.9. The maximum Gasteiger partial charge on any atom is 0.338 e. The third-order valence-electron chi connectivity index (χ3n) is 5.31. The summed E-state index contributed by atoms with van der Waals surface area (Å²) in [5.74, 6) is 0.633. The average Bonchev–Trinajstić information content (AvgIpc) is 3.06. The van der Waals surface area contributed by atoms with Gasteiger partial charge in [0.15, 0.2) is 24.2 Å². The van der Waals surface area contributed by atoms with Gasteiger partial charge in [0.2, 0.25) is 5.78 Å². The number of nitrogens with two attached hydrogens (primary N) is 1. The van der Waals surface area contributed by atoms with Gasteiger partial charge in [-0.15, -0.1) is 0 Å². The highest BCUT2D eigenvalue weighted by molar-refractivity contribution is 6.00. The van der Waals surface area contributed by atoms with Crippen LogP contribution in [-0.2, 0) is 11.3 Å². The van der Waals surface area contributed by atoms with Gasteiger partial charge in [0.25, 0.3) is 0 Å². The second kappa shape index (κ2) is 8.55. The van der Waals surface area contributed by atoms with Gasteiger partial charge >= 0.3 is 5.97 Å². The lowest BCUT2D eigenvalue weighted by molar-refractivity contribution is 0.0474. The van der Waals surface area contributed by atoms with Gasteiger partial charge in [0, 0.05) is 22.6 Å². The lowest BCUT2D eigenvalue weighted by Gasteiger charge is -2.27. The van der Waals surface area contributed by atoms with Gasteiger partial charge in [0.1, 0.15) is 6.61 Å². The molecule has 1 aliphatic rings.